The Labute approximate surface area is 164 Å². The molecule has 2 saturated carbocycles. The molecule has 3 aliphatic carbocycles. The van der Waals surface area contributed by atoms with Crippen molar-refractivity contribution in [1.29, 1.82) is 0 Å². The first-order valence-corrected chi connectivity index (χ1v) is 14.5. The third-order valence-electron chi connectivity index (χ3n) is 7.10. The molecular formula is C23H40OP2. The van der Waals surface area contributed by atoms with E-state index in [2.05, 4.69) is 32.1 Å². The minimum atomic E-state index is -2.26. The van der Waals surface area contributed by atoms with E-state index in [0.29, 0.717) is 22.9 Å². The van der Waals surface area contributed by atoms with E-state index in [4.69, 9.17) is 0 Å². The van der Waals surface area contributed by atoms with E-state index >= 15 is 0 Å². The van der Waals surface area contributed by atoms with Crippen molar-refractivity contribution in [2.75, 3.05) is 6.16 Å². The maximum absolute atomic E-state index is 14.9. The Morgan fingerprint density at radius 1 is 1.04 bits per heavy atom. The Kier molecular flexibility index (Phi) is 8.08. The first-order valence-electron chi connectivity index (χ1n) is 11.4. The fourth-order valence-corrected chi connectivity index (χ4v) is 12.0. The zero-order valence-corrected chi connectivity index (χ0v) is 19.0. The second-order valence-electron chi connectivity index (χ2n) is 8.89. The molecule has 0 aliphatic heterocycles. The van der Waals surface area contributed by atoms with Crippen molar-refractivity contribution in [1.82, 2.24) is 0 Å². The third-order valence-corrected chi connectivity index (χ3v) is 13.2. The largest absolute Gasteiger partial charge is 0.318 e. The van der Waals surface area contributed by atoms with Crippen LogP contribution in [0.4, 0.5) is 0 Å². The Bertz CT molecular complexity index is 516. The van der Waals surface area contributed by atoms with Gasteiger partial charge in [0.2, 0.25) is 0 Å². The van der Waals surface area contributed by atoms with Gasteiger partial charge in [-0.25, -0.2) is 0 Å². The van der Waals surface area contributed by atoms with Crippen LogP contribution in [-0.4, -0.2) is 23.1 Å². The molecule has 3 heteroatoms. The number of rotatable bonds is 8. The Morgan fingerprint density at radius 2 is 1.62 bits per heavy atom. The van der Waals surface area contributed by atoms with Crippen LogP contribution in [0.3, 0.4) is 0 Å². The summed E-state index contributed by atoms with van der Waals surface area (Å²) in [4.78, 5) is 0. The van der Waals surface area contributed by atoms with E-state index < -0.39 is 7.14 Å². The molecule has 0 saturated heterocycles. The van der Waals surface area contributed by atoms with Gasteiger partial charge in [-0.2, -0.15) is 0 Å². The number of hydrogen-bond donors (Lipinski definition) is 0. The van der Waals surface area contributed by atoms with Gasteiger partial charge in [0, 0.05) is 17.2 Å². The molecular weight excluding hydrogens is 354 g/mol. The summed E-state index contributed by atoms with van der Waals surface area (Å²) in [5, 5.41) is 1.41. The van der Waals surface area contributed by atoms with E-state index in [9.17, 15) is 4.57 Å². The molecule has 3 atom stereocenters. The van der Waals surface area contributed by atoms with Gasteiger partial charge in [0.25, 0.3) is 0 Å². The van der Waals surface area contributed by atoms with Crippen molar-refractivity contribution >= 4 is 15.7 Å². The van der Waals surface area contributed by atoms with Gasteiger partial charge < -0.3 is 4.57 Å². The van der Waals surface area contributed by atoms with Crippen molar-refractivity contribution in [3.63, 3.8) is 0 Å². The van der Waals surface area contributed by atoms with Crippen molar-refractivity contribution < 1.29 is 4.57 Å². The van der Waals surface area contributed by atoms with E-state index in [1.165, 1.54) is 88.5 Å². The van der Waals surface area contributed by atoms with Crippen molar-refractivity contribution in [2.24, 2.45) is 5.92 Å². The molecule has 0 heterocycles. The van der Waals surface area contributed by atoms with Gasteiger partial charge in [-0.05, 0) is 49.2 Å². The second-order valence-corrected chi connectivity index (χ2v) is 14.1. The molecule has 3 rings (SSSR count). The third kappa shape index (κ3) is 4.58. The van der Waals surface area contributed by atoms with Gasteiger partial charge in [0.1, 0.15) is 7.14 Å². The molecule has 0 amide bonds. The van der Waals surface area contributed by atoms with E-state index in [-0.39, 0.29) is 0 Å². The highest BCUT2D eigenvalue weighted by molar-refractivity contribution is 7.69. The lowest BCUT2D eigenvalue weighted by Crippen LogP contribution is -2.27. The number of unbranched alkanes of at least 4 members (excludes halogenated alkanes) is 1. The second kappa shape index (κ2) is 10.1. The summed E-state index contributed by atoms with van der Waals surface area (Å²) in [6.45, 7) is 4.71. The Balaban J connectivity index is 1.82. The zero-order valence-electron chi connectivity index (χ0n) is 17.1. The molecule has 0 radical (unpaired) electrons. The Morgan fingerprint density at radius 3 is 2.15 bits per heavy atom. The van der Waals surface area contributed by atoms with Crippen LogP contribution in [-0.2, 0) is 4.57 Å². The van der Waals surface area contributed by atoms with Crippen LogP contribution in [0, 0.1) is 5.92 Å². The first-order chi connectivity index (χ1) is 12.7. The van der Waals surface area contributed by atoms with Gasteiger partial charge in [-0.3, -0.25) is 0 Å². The van der Waals surface area contributed by atoms with Gasteiger partial charge >= 0.3 is 0 Å². The van der Waals surface area contributed by atoms with Crippen LogP contribution in [0.1, 0.15) is 90.9 Å². The zero-order chi connectivity index (χ0) is 18.4. The Hall–Kier alpha value is 0.140. The maximum Gasteiger partial charge on any atom is 0.118 e. The highest BCUT2D eigenvalue weighted by Crippen LogP contribution is 2.71. The molecule has 1 nitrogen and oxygen atoms in total. The fraction of sp³-hybridized carbons (Fsp3) is 0.826. The van der Waals surface area contributed by atoms with E-state index in [0.717, 1.165) is 8.58 Å². The lowest BCUT2D eigenvalue weighted by atomic mass is 9.99. The molecule has 0 aromatic rings. The summed E-state index contributed by atoms with van der Waals surface area (Å²) < 4.78 is 14.9. The first kappa shape index (κ1) is 20.9. The van der Waals surface area contributed by atoms with Crippen LogP contribution in [0.15, 0.2) is 23.5 Å². The number of allylic oxidation sites excluding steroid dienone is 4. The molecule has 0 N–H and O–H groups in total. The van der Waals surface area contributed by atoms with Crippen LogP contribution in [0.25, 0.3) is 0 Å². The summed E-state index contributed by atoms with van der Waals surface area (Å²) in [5.41, 5.74) is 1.67. The van der Waals surface area contributed by atoms with Crippen LogP contribution in [0.2, 0.25) is 0 Å². The summed E-state index contributed by atoms with van der Waals surface area (Å²) >= 11 is 0. The van der Waals surface area contributed by atoms with E-state index in [1.54, 1.807) is 0 Å². The highest BCUT2D eigenvalue weighted by atomic mass is 31.2. The predicted octanol–water partition coefficient (Wildman–Crippen LogP) is 7.95. The average molecular weight is 395 g/mol. The molecule has 0 spiro atoms. The average Bonchev–Trinajstić information content (AvgIpc) is 3.19. The molecule has 0 aromatic heterocycles. The quantitative estimate of drug-likeness (QED) is 0.301. The van der Waals surface area contributed by atoms with Crippen LogP contribution in [0.5, 0.6) is 0 Å². The summed E-state index contributed by atoms with van der Waals surface area (Å²) in [5.74, 6) is 0.472. The van der Waals surface area contributed by atoms with Crippen molar-refractivity contribution in [2.45, 2.75) is 108 Å². The molecule has 0 bridgehead atoms. The monoisotopic (exact) mass is 394 g/mol. The van der Waals surface area contributed by atoms with Crippen molar-refractivity contribution in [3.8, 4) is 0 Å². The van der Waals surface area contributed by atoms with Gasteiger partial charge in [-0.15, -0.1) is 8.58 Å². The molecule has 3 unspecified atom stereocenters. The lowest BCUT2D eigenvalue weighted by molar-refractivity contribution is 0.448. The van der Waals surface area contributed by atoms with Gasteiger partial charge in [-0.1, -0.05) is 77.0 Å². The highest BCUT2D eigenvalue weighted by Gasteiger charge is 2.46. The summed E-state index contributed by atoms with van der Waals surface area (Å²) in [6, 6.07) is 0. The molecule has 3 aliphatic rings. The lowest BCUT2D eigenvalue weighted by Gasteiger charge is -2.41. The summed E-state index contributed by atoms with van der Waals surface area (Å²) in [6.07, 6.45) is 23.8. The van der Waals surface area contributed by atoms with Crippen LogP contribution < -0.4 is 0 Å². The fourth-order valence-electron chi connectivity index (χ4n) is 5.54. The summed E-state index contributed by atoms with van der Waals surface area (Å²) in [7, 11) is -1.25. The molecule has 0 aromatic carbocycles. The maximum atomic E-state index is 14.9. The minimum Gasteiger partial charge on any atom is -0.318 e. The number of hydrogen-bond acceptors (Lipinski definition) is 1. The van der Waals surface area contributed by atoms with Crippen LogP contribution >= 0.6 is 15.7 Å². The SMILES string of the molecule is CCCCPC(C)C1C=CC=C1P(=O)(C1CCCCC1)C1CCCCC1. The minimum absolute atomic E-state index is 0.472. The standard InChI is InChI=1S/C23H40OP2/c1-3-4-18-25-19(2)22-16-11-17-23(22)26(24,20-12-7-5-8-13-20)21-14-9-6-10-15-21/h11,16-17,19-22,25H,3-10,12-15,18H2,1-2H3. The van der Waals surface area contributed by atoms with Gasteiger partial charge in [0.15, 0.2) is 0 Å². The topological polar surface area (TPSA) is 17.1 Å². The smallest absolute Gasteiger partial charge is 0.118 e. The van der Waals surface area contributed by atoms with Crippen molar-refractivity contribution in [3.05, 3.63) is 23.5 Å². The molecule has 2 fully saturated rings. The molecule has 26 heavy (non-hydrogen) atoms. The normalized spacial score (nSPS) is 27.3. The van der Waals surface area contributed by atoms with E-state index in [1.807, 2.05) is 0 Å². The van der Waals surface area contributed by atoms with Gasteiger partial charge in [0.05, 0.1) is 0 Å². The molecule has 148 valence electrons. The predicted molar refractivity (Wildman–Crippen MR) is 120 cm³/mol.